The van der Waals surface area contributed by atoms with Gasteiger partial charge in [-0.1, -0.05) is 6.07 Å². The Balaban J connectivity index is 2.81. The van der Waals surface area contributed by atoms with Crippen molar-refractivity contribution in [2.75, 3.05) is 18.4 Å². The fourth-order valence-electron chi connectivity index (χ4n) is 1.84. The standard InChI is InChI=1S/C16H24N2O3/c1-6-18(7-2)14(19)12-9-8-10-13(11-12)17-15(20)21-16(3,4)5/h8-11H,6-7H2,1-5H3,(H,17,20). The number of amides is 2. The highest BCUT2D eigenvalue weighted by atomic mass is 16.6. The lowest BCUT2D eigenvalue weighted by Crippen LogP contribution is -2.30. The molecule has 5 nitrogen and oxygen atoms in total. The van der Waals surface area contributed by atoms with Gasteiger partial charge in [0.2, 0.25) is 0 Å². The lowest BCUT2D eigenvalue weighted by Gasteiger charge is -2.20. The zero-order chi connectivity index (χ0) is 16.0. The van der Waals surface area contributed by atoms with Crippen LogP contribution in [0, 0.1) is 0 Å². The molecule has 0 fully saturated rings. The molecule has 5 heteroatoms. The van der Waals surface area contributed by atoms with E-state index in [1.165, 1.54) is 0 Å². The van der Waals surface area contributed by atoms with Gasteiger partial charge in [-0.25, -0.2) is 4.79 Å². The van der Waals surface area contributed by atoms with Crippen LogP contribution in [0.25, 0.3) is 0 Å². The van der Waals surface area contributed by atoms with E-state index >= 15 is 0 Å². The summed E-state index contributed by atoms with van der Waals surface area (Å²) in [5.74, 6) is -0.0483. The van der Waals surface area contributed by atoms with Gasteiger partial charge in [0.25, 0.3) is 5.91 Å². The summed E-state index contributed by atoms with van der Waals surface area (Å²) in [6.45, 7) is 10.6. The molecule has 0 aromatic heterocycles. The SMILES string of the molecule is CCN(CC)C(=O)c1cccc(NC(=O)OC(C)(C)C)c1. The molecule has 0 aliphatic heterocycles. The molecule has 0 aliphatic carbocycles. The van der Waals surface area contributed by atoms with Crippen LogP contribution >= 0.6 is 0 Å². The first kappa shape index (κ1) is 17.0. The average Bonchev–Trinajstić information content (AvgIpc) is 2.38. The van der Waals surface area contributed by atoms with Crippen LogP contribution in [0.15, 0.2) is 24.3 Å². The molecule has 0 saturated carbocycles. The van der Waals surface area contributed by atoms with E-state index in [0.717, 1.165) is 0 Å². The van der Waals surface area contributed by atoms with Crippen LogP contribution in [0.5, 0.6) is 0 Å². The van der Waals surface area contributed by atoms with E-state index in [1.807, 2.05) is 13.8 Å². The topological polar surface area (TPSA) is 58.6 Å². The third kappa shape index (κ3) is 5.45. The fourth-order valence-corrected chi connectivity index (χ4v) is 1.84. The Kier molecular flexibility index (Phi) is 5.76. The van der Waals surface area contributed by atoms with Crippen LogP contribution in [0.2, 0.25) is 0 Å². The summed E-state index contributed by atoms with van der Waals surface area (Å²) in [6, 6.07) is 6.86. The number of benzene rings is 1. The molecule has 116 valence electrons. The molecule has 0 atom stereocenters. The molecule has 0 heterocycles. The van der Waals surface area contributed by atoms with E-state index in [-0.39, 0.29) is 5.91 Å². The lowest BCUT2D eigenvalue weighted by atomic mass is 10.1. The second kappa shape index (κ2) is 7.11. The van der Waals surface area contributed by atoms with Crippen LogP contribution in [-0.2, 0) is 4.74 Å². The third-order valence-corrected chi connectivity index (χ3v) is 2.81. The van der Waals surface area contributed by atoms with Crippen LogP contribution < -0.4 is 5.32 Å². The number of ether oxygens (including phenoxy) is 1. The molecule has 0 bridgehead atoms. The van der Waals surface area contributed by atoms with Crippen molar-refractivity contribution in [3.05, 3.63) is 29.8 Å². The van der Waals surface area contributed by atoms with E-state index in [0.29, 0.717) is 24.3 Å². The van der Waals surface area contributed by atoms with Crippen molar-refractivity contribution < 1.29 is 14.3 Å². The Morgan fingerprint density at radius 2 is 1.81 bits per heavy atom. The first-order valence-electron chi connectivity index (χ1n) is 7.16. The molecule has 0 unspecified atom stereocenters. The highest BCUT2D eigenvalue weighted by Crippen LogP contribution is 2.15. The molecule has 1 rings (SSSR count). The van der Waals surface area contributed by atoms with E-state index in [2.05, 4.69) is 5.32 Å². The molecule has 0 aliphatic rings. The Bertz CT molecular complexity index is 502. The molecular formula is C16H24N2O3. The van der Waals surface area contributed by atoms with E-state index < -0.39 is 11.7 Å². The number of nitrogens with zero attached hydrogens (tertiary/aromatic N) is 1. The number of rotatable bonds is 4. The first-order valence-corrected chi connectivity index (χ1v) is 7.16. The van der Waals surface area contributed by atoms with Crippen molar-refractivity contribution >= 4 is 17.7 Å². The second-order valence-electron chi connectivity index (χ2n) is 5.69. The summed E-state index contributed by atoms with van der Waals surface area (Å²) in [6.07, 6.45) is -0.532. The number of carbonyl (C=O) groups is 2. The number of nitrogens with one attached hydrogen (secondary N) is 1. The van der Waals surface area contributed by atoms with Crippen molar-refractivity contribution in [1.82, 2.24) is 4.90 Å². The van der Waals surface area contributed by atoms with Gasteiger partial charge in [-0.05, 0) is 52.8 Å². The maximum atomic E-state index is 12.3. The van der Waals surface area contributed by atoms with Crippen molar-refractivity contribution in [2.45, 2.75) is 40.2 Å². The van der Waals surface area contributed by atoms with Crippen molar-refractivity contribution in [3.63, 3.8) is 0 Å². The van der Waals surface area contributed by atoms with Gasteiger partial charge >= 0.3 is 6.09 Å². The van der Waals surface area contributed by atoms with E-state index in [9.17, 15) is 9.59 Å². The maximum Gasteiger partial charge on any atom is 0.412 e. The minimum Gasteiger partial charge on any atom is -0.444 e. The highest BCUT2D eigenvalue weighted by molar-refractivity contribution is 5.96. The van der Waals surface area contributed by atoms with Crippen LogP contribution in [0.3, 0.4) is 0 Å². The van der Waals surface area contributed by atoms with Crippen LogP contribution in [0.4, 0.5) is 10.5 Å². The first-order chi connectivity index (χ1) is 9.76. The van der Waals surface area contributed by atoms with Gasteiger partial charge in [0.05, 0.1) is 0 Å². The smallest absolute Gasteiger partial charge is 0.412 e. The molecule has 0 radical (unpaired) electrons. The summed E-state index contributed by atoms with van der Waals surface area (Å²) >= 11 is 0. The van der Waals surface area contributed by atoms with Crippen molar-refractivity contribution in [3.8, 4) is 0 Å². The largest absolute Gasteiger partial charge is 0.444 e. The van der Waals surface area contributed by atoms with Gasteiger partial charge in [0.1, 0.15) is 5.60 Å². The van der Waals surface area contributed by atoms with E-state index in [4.69, 9.17) is 4.74 Å². The molecule has 21 heavy (non-hydrogen) atoms. The predicted molar refractivity (Wildman–Crippen MR) is 83.6 cm³/mol. The van der Waals surface area contributed by atoms with Crippen LogP contribution in [0.1, 0.15) is 45.0 Å². The Morgan fingerprint density at radius 1 is 1.19 bits per heavy atom. The highest BCUT2D eigenvalue weighted by Gasteiger charge is 2.17. The minimum absolute atomic E-state index is 0.0483. The number of hydrogen-bond acceptors (Lipinski definition) is 3. The number of hydrogen-bond donors (Lipinski definition) is 1. The van der Waals surface area contributed by atoms with Gasteiger partial charge in [0, 0.05) is 24.3 Å². The lowest BCUT2D eigenvalue weighted by molar-refractivity contribution is 0.0635. The summed E-state index contributed by atoms with van der Waals surface area (Å²) < 4.78 is 5.19. The fraction of sp³-hybridized carbons (Fsp3) is 0.500. The molecule has 1 N–H and O–H groups in total. The molecular weight excluding hydrogens is 268 g/mol. The third-order valence-electron chi connectivity index (χ3n) is 2.81. The number of carbonyl (C=O) groups excluding carboxylic acids is 2. The quantitative estimate of drug-likeness (QED) is 0.923. The Labute approximate surface area is 126 Å². The van der Waals surface area contributed by atoms with Crippen molar-refractivity contribution in [1.29, 1.82) is 0 Å². The summed E-state index contributed by atoms with van der Waals surface area (Å²) in [4.78, 5) is 25.7. The monoisotopic (exact) mass is 292 g/mol. The van der Waals surface area contributed by atoms with Gasteiger partial charge in [0.15, 0.2) is 0 Å². The molecule has 1 aromatic rings. The summed E-state index contributed by atoms with van der Waals surface area (Å²) in [7, 11) is 0. The van der Waals surface area contributed by atoms with Gasteiger partial charge < -0.3 is 9.64 Å². The Hall–Kier alpha value is -2.04. The Morgan fingerprint density at radius 3 is 2.33 bits per heavy atom. The summed E-state index contributed by atoms with van der Waals surface area (Å²) in [5.41, 5.74) is 0.535. The zero-order valence-electron chi connectivity index (χ0n) is 13.4. The van der Waals surface area contributed by atoms with Gasteiger partial charge in [-0.15, -0.1) is 0 Å². The zero-order valence-corrected chi connectivity index (χ0v) is 13.4. The number of anilines is 1. The molecule has 0 saturated heterocycles. The molecule has 2 amide bonds. The second-order valence-corrected chi connectivity index (χ2v) is 5.69. The molecule has 0 spiro atoms. The summed E-state index contributed by atoms with van der Waals surface area (Å²) in [5, 5.41) is 2.64. The van der Waals surface area contributed by atoms with Crippen molar-refractivity contribution in [2.24, 2.45) is 0 Å². The minimum atomic E-state index is -0.557. The van der Waals surface area contributed by atoms with Gasteiger partial charge in [-0.3, -0.25) is 10.1 Å². The average molecular weight is 292 g/mol. The predicted octanol–water partition coefficient (Wildman–Crippen LogP) is 3.52. The van der Waals surface area contributed by atoms with Gasteiger partial charge in [-0.2, -0.15) is 0 Å². The maximum absolute atomic E-state index is 12.3. The van der Waals surface area contributed by atoms with Crippen LogP contribution in [-0.4, -0.2) is 35.6 Å². The van der Waals surface area contributed by atoms with E-state index in [1.54, 1.807) is 49.9 Å². The molecule has 1 aromatic carbocycles. The normalized spacial score (nSPS) is 10.9.